The molecule has 0 aliphatic rings. The summed E-state index contributed by atoms with van der Waals surface area (Å²) in [5.74, 6) is -0.190. The molecule has 0 heterocycles. The first-order valence-electron chi connectivity index (χ1n) is 16.6. The van der Waals surface area contributed by atoms with Crippen molar-refractivity contribution in [3.63, 3.8) is 0 Å². The quantitative estimate of drug-likeness (QED) is 0.0563. The number of aliphatic hydroxyl groups is 1. The van der Waals surface area contributed by atoms with Crippen LogP contribution in [0.3, 0.4) is 0 Å². The van der Waals surface area contributed by atoms with Crippen molar-refractivity contribution in [1.29, 1.82) is 0 Å². The zero-order valence-corrected chi connectivity index (χ0v) is 26.7. The molecule has 0 radical (unpaired) electrons. The van der Waals surface area contributed by atoms with Gasteiger partial charge in [0.2, 0.25) is 0 Å². The topological polar surface area (TPSA) is 49.8 Å². The minimum atomic E-state index is -0.559. The van der Waals surface area contributed by atoms with Crippen molar-refractivity contribution in [3.05, 3.63) is 49.1 Å². The molecule has 0 saturated heterocycles. The highest BCUT2D eigenvalue weighted by Gasteiger charge is 2.22. The molecule has 232 valence electrons. The Kier molecular flexibility index (Phi) is 29.1. The number of unbranched alkanes of at least 4 members (excludes halogenated alkanes) is 13. The van der Waals surface area contributed by atoms with Crippen LogP contribution in [0.2, 0.25) is 0 Å². The summed E-state index contributed by atoms with van der Waals surface area (Å²) < 4.78 is 5.78. The van der Waals surface area contributed by atoms with E-state index in [4.69, 9.17) is 4.74 Å². The lowest BCUT2D eigenvalue weighted by atomic mass is 9.99. The second-order valence-corrected chi connectivity index (χ2v) is 11.5. The van der Waals surface area contributed by atoms with Crippen molar-refractivity contribution in [3.8, 4) is 0 Å². The first kappa shape index (κ1) is 38.4. The van der Waals surface area contributed by atoms with Gasteiger partial charge in [0.25, 0.3) is 0 Å². The summed E-state index contributed by atoms with van der Waals surface area (Å²) in [7, 11) is 3.92. The van der Waals surface area contributed by atoms with E-state index in [1.165, 1.54) is 64.2 Å². The Hall–Kier alpha value is -1.65. The van der Waals surface area contributed by atoms with E-state index in [0.717, 1.165) is 57.8 Å². The van der Waals surface area contributed by atoms with Crippen LogP contribution < -0.4 is 0 Å². The molecule has 0 aromatic rings. The molecule has 2 atom stereocenters. The van der Waals surface area contributed by atoms with Crippen molar-refractivity contribution < 1.29 is 14.6 Å². The number of rotatable bonds is 29. The van der Waals surface area contributed by atoms with E-state index in [2.05, 4.69) is 50.0 Å². The van der Waals surface area contributed by atoms with Gasteiger partial charge in [-0.1, -0.05) is 107 Å². The van der Waals surface area contributed by atoms with E-state index in [0.29, 0.717) is 19.4 Å². The van der Waals surface area contributed by atoms with Gasteiger partial charge in [0.05, 0.1) is 12.5 Å². The van der Waals surface area contributed by atoms with E-state index in [1.54, 1.807) is 0 Å². The number of hydrogen-bond donors (Lipinski definition) is 1. The van der Waals surface area contributed by atoms with Gasteiger partial charge in [0.1, 0.15) is 6.10 Å². The molecule has 4 nitrogen and oxygen atoms in total. The van der Waals surface area contributed by atoms with Gasteiger partial charge in [-0.25, -0.2) is 0 Å². The van der Waals surface area contributed by atoms with Gasteiger partial charge < -0.3 is 14.7 Å². The Morgan fingerprint density at radius 2 is 1.23 bits per heavy atom. The smallest absolute Gasteiger partial charge is 0.307 e. The number of esters is 1. The van der Waals surface area contributed by atoms with Crippen LogP contribution in [-0.4, -0.2) is 48.8 Å². The maximum atomic E-state index is 12.4. The summed E-state index contributed by atoms with van der Waals surface area (Å²) in [5, 5.41) is 10.9. The van der Waals surface area contributed by atoms with Crippen molar-refractivity contribution in [2.45, 2.75) is 154 Å². The molecule has 0 bridgehead atoms. The van der Waals surface area contributed by atoms with Gasteiger partial charge in [-0.2, -0.15) is 0 Å². The van der Waals surface area contributed by atoms with Crippen LogP contribution >= 0.6 is 0 Å². The van der Waals surface area contributed by atoms with E-state index < -0.39 is 6.10 Å². The van der Waals surface area contributed by atoms with Crippen molar-refractivity contribution in [1.82, 2.24) is 4.90 Å². The number of carbonyl (C=O) groups is 1. The Bertz CT molecular complexity index is 652. The van der Waals surface area contributed by atoms with Gasteiger partial charge in [0.15, 0.2) is 0 Å². The number of hydrogen-bond acceptors (Lipinski definition) is 4. The van der Waals surface area contributed by atoms with Crippen LogP contribution in [0.4, 0.5) is 0 Å². The lowest BCUT2D eigenvalue weighted by Gasteiger charge is -2.24. The van der Waals surface area contributed by atoms with E-state index in [-0.39, 0.29) is 12.1 Å². The third-order valence-corrected chi connectivity index (χ3v) is 7.25. The zero-order chi connectivity index (χ0) is 29.5. The summed E-state index contributed by atoms with van der Waals surface area (Å²) in [6, 6.07) is 0. The number of aliphatic hydroxyl groups excluding tert-OH is 1. The molecular formula is C36H65NO3. The fraction of sp³-hybridized carbons (Fsp3) is 0.750. The van der Waals surface area contributed by atoms with Crippen LogP contribution in [0.15, 0.2) is 49.1 Å². The number of allylic oxidation sites excluding steroid dienone is 7. The highest BCUT2D eigenvalue weighted by Crippen LogP contribution is 2.18. The van der Waals surface area contributed by atoms with Crippen molar-refractivity contribution in [2.75, 3.05) is 20.6 Å². The molecule has 1 N–H and O–H groups in total. The predicted molar refractivity (Wildman–Crippen MR) is 175 cm³/mol. The first-order valence-corrected chi connectivity index (χ1v) is 16.6. The molecular weight excluding hydrogens is 494 g/mol. The van der Waals surface area contributed by atoms with E-state index in [9.17, 15) is 9.90 Å². The van der Waals surface area contributed by atoms with Crippen LogP contribution in [0.1, 0.15) is 142 Å². The fourth-order valence-electron chi connectivity index (χ4n) is 4.67. The Balaban J connectivity index is 4.15. The largest absolute Gasteiger partial charge is 0.460 e. The highest BCUT2D eigenvalue weighted by atomic mass is 16.6. The normalized spacial score (nSPS) is 13.6. The Labute approximate surface area is 249 Å². The molecule has 0 aliphatic carbocycles. The second kappa shape index (κ2) is 30.3. The Morgan fingerprint density at radius 3 is 1.77 bits per heavy atom. The second-order valence-electron chi connectivity index (χ2n) is 11.5. The highest BCUT2D eigenvalue weighted by molar-refractivity contribution is 5.69. The number of ether oxygens (including phenoxy) is 1. The molecule has 0 saturated carbocycles. The third kappa shape index (κ3) is 27.9. The van der Waals surface area contributed by atoms with Gasteiger partial charge >= 0.3 is 5.97 Å². The molecule has 0 aromatic carbocycles. The summed E-state index contributed by atoms with van der Waals surface area (Å²) in [6.07, 6.45) is 37.4. The SMILES string of the molecule is C=CCC=CCCCCCCCC(O)C(CCCCCCCC=CCC=CCCCCC)OC(=O)CCN(C)C. The lowest BCUT2D eigenvalue weighted by Crippen LogP contribution is -2.32. The molecule has 40 heavy (non-hydrogen) atoms. The van der Waals surface area contributed by atoms with E-state index in [1.807, 2.05) is 25.1 Å². The molecule has 0 aromatic heterocycles. The average molecular weight is 560 g/mol. The summed E-state index contributed by atoms with van der Waals surface area (Å²) >= 11 is 0. The van der Waals surface area contributed by atoms with Crippen molar-refractivity contribution >= 4 is 5.97 Å². The lowest BCUT2D eigenvalue weighted by molar-refractivity contribution is -0.156. The minimum Gasteiger partial charge on any atom is -0.460 e. The molecule has 2 unspecified atom stereocenters. The number of nitrogens with zero attached hydrogens (tertiary/aromatic N) is 1. The molecule has 0 amide bonds. The third-order valence-electron chi connectivity index (χ3n) is 7.25. The molecule has 0 rings (SSSR count). The summed E-state index contributed by atoms with van der Waals surface area (Å²) in [6.45, 7) is 6.65. The maximum Gasteiger partial charge on any atom is 0.307 e. The Morgan fingerprint density at radius 1 is 0.725 bits per heavy atom. The van der Waals surface area contributed by atoms with Crippen LogP contribution in [0.25, 0.3) is 0 Å². The van der Waals surface area contributed by atoms with Crippen LogP contribution in [-0.2, 0) is 9.53 Å². The molecule has 0 aliphatic heterocycles. The average Bonchev–Trinajstić information content (AvgIpc) is 2.94. The fourth-order valence-corrected chi connectivity index (χ4v) is 4.67. The standard InChI is InChI=1S/C36H65NO3/c1-5-7-9-11-13-15-17-18-19-20-21-23-25-27-29-31-35(40-36(39)32-33-37(3)4)34(38)30-28-26-24-22-16-14-12-10-8-6-2/h6,10,12-13,15,18-19,34-35,38H,2,5,7-9,11,14,16-17,20-33H2,1,3-4H3. The first-order chi connectivity index (χ1) is 19.5. The maximum absolute atomic E-state index is 12.4. The van der Waals surface area contributed by atoms with E-state index >= 15 is 0 Å². The monoisotopic (exact) mass is 559 g/mol. The van der Waals surface area contributed by atoms with Gasteiger partial charge in [-0.15, -0.1) is 6.58 Å². The summed E-state index contributed by atoms with van der Waals surface area (Å²) in [5.41, 5.74) is 0. The van der Waals surface area contributed by atoms with Gasteiger partial charge in [-0.05, 0) is 84.7 Å². The van der Waals surface area contributed by atoms with Crippen LogP contribution in [0.5, 0.6) is 0 Å². The minimum absolute atomic E-state index is 0.190. The molecule has 0 spiro atoms. The summed E-state index contributed by atoms with van der Waals surface area (Å²) in [4.78, 5) is 14.4. The zero-order valence-electron chi connectivity index (χ0n) is 26.7. The predicted octanol–water partition coefficient (Wildman–Crippen LogP) is 9.89. The van der Waals surface area contributed by atoms with Crippen molar-refractivity contribution in [2.24, 2.45) is 0 Å². The van der Waals surface area contributed by atoms with Gasteiger partial charge in [-0.3, -0.25) is 4.79 Å². The molecule has 4 heteroatoms. The van der Waals surface area contributed by atoms with Gasteiger partial charge in [0, 0.05) is 6.54 Å². The van der Waals surface area contributed by atoms with Crippen LogP contribution in [0, 0.1) is 0 Å². The molecule has 0 fully saturated rings. The number of carbonyl (C=O) groups excluding carboxylic acids is 1.